The molecule has 0 atom stereocenters. The zero-order valence-electron chi connectivity index (χ0n) is 30.4. The van der Waals surface area contributed by atoms with Crippen LogP contribution in [0.4, 0.5) is 0 Å². The van der Waals surface area contributed by atoms with E-state index in [0.29, 0.717) is 5.82 Å². The minimum atomic E-state index is -0.419. The first kappa shape index (κ1) is 32.5. The molecule has 2 heterocycles. The third kappa shape index (κ3) is 5.09. The Bertz CT molecular complexity index is 3040. The molecule has 0 radical (unpaired) electrons. The maximum atomic E-state index is 5.22. The SMILES string of the molecule is c1ccc(-c2nc(-c3cccc(-c4ccc5c(c4)-c4ccccc4C5(c4ccccc4)c4ccccc4)c3)cc(-c3cccc4c3sc3ccccc34)n2)cc1. The van der Waals surface area contributed by atoms with Crippen LogP contribution in [0.3, 0.4) is 0 Å². The fraction of sp³-hybridized carbons (Fsp3) is 0.0189. The smallest absolute Gasteiger partial charge is 0.160 e. The molecule has 8 aromatic carbocycles. The van der Waals surface area contributed by atoms with Gasteiger partial charge in [-0.15, -0.1) is 11.3 Å². The second-order valence-corrected chi connectivity index (χ2v) is 15.5. The molecule has 1 aliphatic carbocycles. The van der Waals surface area contributed by atoms with E-state index in [-0.39, 0.29) is 0 Å². The molecule has 0 N–H and O–H groups in total. The molecule has 0 spiro atoms. The summed E-state index contributed by atoms with van der Waals surface area (Å²) in [6.07, 6.45) is 0. The molecular formula is C53H34N2S. The van der Waals surface area contributed by atoms with Crippen molar-refractivity contribution in [3.8, 4) is 56.2 Å². The van der Waals surface area contributed by atoms with Crippen molar-refractivity contribution in [1.29, 1.82) is 0 Å². The van der Waals surface area contributed by atoms with Gasteiger partial charge in [0.05, 0.1) is 16.8 Å². The average molecular weight is 731 g/mol. The Labute approximate surface area is 330 Å². The van der Waals surface area contributed by atoms with Crippen molar-refractivity contribution in [2.45, 2.75) is 5.41 Å². The molecule has 0 aliphatic heterocycles. The van der Waals surface area contributed by atoms with E-state index in [4.69, 9.17) is 9.97 Å². The van der Waals surface area contributed by atoms with Gasteiger partial charge in [0.25, 0.3) is 0 Å². The Morgan fingerprint density at radius 3 is 1.73 bits per heavy atom. The largest absolute Gasteiger partial charge is 0.228 e. The lowest BCUT2D eigenvalue weighted by molar-refractivity contribution is 0.768. The summed E-state index contributed by atoms with van der Waals surface area (Å²) in [6.45, 7) is 0. The maximum absolute atomic E-state index is 5.22. The zero-order valence-corrected chi connectivity index (χ0v) is 31.2. The predicted octanol–water partition coefficient (Wildman–Crippen LogP) is 13.9. The second-order valence-electron chi connectivity index (χ2n) is 14.5. The van der Waals surface area contributed by atoms with Crippen LogP contribution in [0.2, 0.25) is 0 Å². The van der Waals surface area contributed by atoms with Crippen LogP contribution < -0.4 is 0 Å². The number of rotatable bonds is 6. The van der Waals surface area contributed by atoms with Crippen LogP contribution in [0.5, 0.6) is 0 Å². The van der Waals surface area contributed by atoms with Crippen LogP contribution in [0.25, 0.3) is 76.3 Å². The number of thiophene rings is 1. The van der Waals surface area contributed by atoms with E-state index >= 15 is 0 Å². The highest BCUT2D eigenvalue weighted by molar-refractivity contribution is 7.26. The van der Waals surface area contributed by atoms with E-state index in [0.717, 1.165) is 33.6 Å². The highest BCUT2D eigenvalue weighted by atomic mass is 32.1. The summed E-state index contributed by atoms with van der Waals surface area (Å²) in [5.74, 6) is 0.717. The average Bonchev–Trinajstić information content (AvgIpc) is 3.81. The van der Waals surface area contributed by atoms with Crippen molar-refractivity contribution in [3.63, 3.8) is 0 Å². The lowest BCUT2D eigenvalue weighted by Crippen LogP contribution is -2.28. The number of fused-ring (bicyclic) bond motifs is 6. The summed E-state index contributed by atoms with van der Waals surface area (Å²) >= 11 is 1.83. The fourth-order valence-electron chi connectivity index (χ4n) is 8.89. The van der Waals surface area contributed by atoms with E-state index in [1.807, 2.05) is 17.4 Å². The lowest BCUT2D eigenvalue weighted by atomic mass is 9.67. The van der Waals surface area contributed by atoms with Crippen molar-refractivity contribution in [2.75, 3.05) is 0 Å². The highest BCUT2D eigenvalue weighted by Crippen LogP contribution is 2.56. The molecule has 0 unspecified atom stereocenters. The van der Waals surface area contributed by atoms with Gasteiger partial charge < -0.3 is 0 Å². The van der Waals surface area contributed by atoms with Gasteiger partial charge in [-0.25, -0.2) is 9.97 Å². The van der Waals surface area contributed by atoms with Crippen molar-refractivity contribution in [3.05, 3.63) is 229 Å². The van der Waals surface area contributed by atoms with Crippen LogP contribution in [0, 0.1) is 0 Å². The van der Waals surface area contributed by atoms with Gasteiger partial charge in [-0.3, -0.25) is 0 Å². The third-order valence-electron chi connectivity index (χ3n) is 11.4. The number of benzene rings is 8. The van der Waals surface area contributed by atoms with Gasteiger partial charge in [0, 0.05) is 36.9 Å². The van der Waals surface area contributed by atoms with Crippen LogP contribution in [-0.2, 0) is 5.41 Å². The van der Waals surface area contributed by atoms with Gasteiger partial charge in [-0.05, 0) is 68.8 Å². The number of aromatic nitrogens is 2. The van der Waals surface area contributed by atoms with E-state index < -0.39 is 5.41 Å². The first-order valence-corrected chi connectivity index (χ1v) is 19.9. The minimum Gasteiger partial charge on any atom is -0.228 e. The molecule has 10 aromatic rings. The van der Waals surface area contributed by atoms with Crippen molar-refractivity contribution in [2.24, 2.45) is 0 Å². The van der Waals surface area contributed by atoms with Crippen LogP contribution in [0.15, 0.2) is 206 Å². The molecule has 0 saturated heterocycles. The molecule has 3 heteroatoms. The Kier molecular flexibility index (Phi) is 7.61. The molecule has 2 nitrogen and oxygen atoms in total. The first-order chi connectivity index (χ1) is 27.8. The first-order valence-electron chi connectivity index (χ1n) is 19.1. The third-order valence-corrected chi connectivity index (χ3v) is 12.6. The summed E-state index contributed by atoms with van der Waals surface area (Å²) < 4.78 is 2.52. The van der Waals surface area contributed by atoms with Gasteiger partial charge >= 0.3 is 0 Å². The lowest BCUT2D eigenvalue weighted by Gasteiger charge is -2.33. The Hall–Kier alpha value is -6.94. The second kappa shape index (κ2) is 13.1. The van der Waals surface area contributed by atoms with Gasteiger partial charge in [0.15, 0.2) is 5.82 Å². The predicted molar refractivity (Wildman–Crippen MR) is 234 cm³/mol. The number of hydrogen-bond acceptors (Lipinski definition) is 3. The van der Waals surface area contributed by atoms with E-state index in [1.165, 1.54) is 59.1 Å². The Morgan fingerprint density at radius 1 is 0.357 bits per heavy atom. The van der Waals surface area contributed by atoms with Crippen molar-refractivity contribution < 1.29 is 0 Å². The monoisotopic (exact) mass is 730 g/mol. The number of nitrogens with zero attached hydrogens (tertiary/aromatic N) is 2. The topological polar surface area (TPSA) is 25.8 Å². The maximum Gasteiger partial charge on any atom is 0.160 e. The van der Waals surface area contributed by atoms with E-state index in [2.05, 4.69) is 200 Å². The van der Waals surface area contributed by atoms with E-state index in [9.17, 15) is 0 Å². The molecule has 11 rings (SSSR count). The quantitative estimate of drug-likeness (QED) is 0.170. The normalized spacial score (nSPS) is 12.8. The standard InChI is InChI=1S/C53H34N2S/c1-4-16-35(17-5-1)52-54-48(34-49(55-52)44-27-15-26-43-42-25-11-13-29-50(42)56-51(43)44)38-19-14-18-36(32-38)37-30-31-47-45(33-37)41-24-10-12-28-46(41)53(47,39-20-6-2-7-21-39)40-22-8-3-9-23-40/h1-34H. The van der Waals surface area contributed by atoms with E-state index in [1.54, 1.807) is 0 Å². The summed E-state index contributed by atoms with van der Waals surface area (Å²) in [6, 6.07) is 74.5. The molecule has 0 fully saturated rings. The van der Waals surface area contributed by atoms with Crippen LogP contribution in [-0.4, -0.2) is 9.97 Å². The van der Waals surface area contributed by atoms with Gasteiger partial charge in [-0.2, -0.15) is 0 Å². The summed E-state index contributed by atoms with van der Waals surface area (Å²) in [5.41, 5.74) is 14.6. The number of hydrogen-bond donors (Lipinski definition) is 0. The molecule has 1 aliphatic rings. The highest BCUT2D eigenvalue weighted by Gasteiger charge is 2.45. The Morgan fingerprint density at radius 2 is 0.929 bits per heavy atom. The summed E-state index contributed by atoms with van der Waals surface area (Å²) in [5, 5.41) is 2.54. The molecule has 56 heavy (non-hydrogen) atoms. The molecule has 0 saturated carbocycles. The zero-order chi connectivity index (χ0) is 37.1. The fourth-order valence-corrected chi connectivity index (χ4v) is 10.1. The molecule has 262 valence electrons. The minimum absolute atomic E-state index is 0.419. The molecule has 0 bridgehead atoms. The van der Waals surface area contributed by atoms with Crippen molar-refractivity contribution >= 4 is 31.5 Å². The van der Waals surface area contributed by atoms with Gasteiger partial charge in [0.2, 0.25) is 0 Å². The Balaban J connectivity index is 1.07. The van der Waals surface area contributed by atoms with Crippen LogP contribution >= 0.6 is 11.3 Å². The summed E-state index contributed by atoms with van der Waals surface area (Å²) in [4.78, 5) is 10.4. The molecule has 0 amide bonds. The molecular weight excluding hydrogens is 697 g/mol. The van der Waals surface area contributed by atoms with Crippen LogP contribution in [0.1, 0.15) is 22.3 Å². The molecule has 2 aromatic heterocycles. The summed E-state index contributed by atoms with van der Waals surface area (Å²) in [7, 11) is 0. The van der Waals surface area contributed by atoms with Gasteiger partial charge in [-0.1, -0.05) is 182 Å². The van der Waals surface area contributed by atoms with Crippen molar-refractivity contribution in [1.82, 2.24) is 9.97 Å². The van der Waals surface area contributed by atoms with Gasteiger partial charge in [0.1, 0.15) is 0 Å².